The van der Waals surface area contributed by atoms with Gasteiger partial charge in [0.15, 0.2) is 0 Å². The highest BCUT2D eigenvalue weighted by atomic mass is 35.5. The summed E-state index contributed by atoms with van der Waals surface area (Å²) in [5, 5.41) is 18.8. The number of nitriles is 1. The number of benzene rings is 1. The quantitative estimate of drug-likeness (QED) is 0.229. The highest BCUT2D eigenvalue weighted by molar-refractivity contribution is 7.89. The molecule has 0 aliphatic carbocycles. The summed E-state index contributed by atoms with van der Waals surface area (Å²) < 4.78 is 38.3. The number of rotatable bonds is 9. The lowest BCUT2D eigenvalue weighted by Crippen LogP contribution is -2.44. The van der Waals surface area contributed by atoms with Crippen LogP contribution in [0.3, 0.4) is 0 Å². The van der Waals surface area contributed by atoms with Crippen molar-refractivity contribution < 1.29 is 17.6 Å². The van der Waals surface area contributed by atoms with E-state index >= 15 is 0 Å². The number of anilines is 2. The van der Waals surface area contributed by atoms with Crippen LogP contribution in [0, 0.1) is 22.7 Å². The van der Waals surface area contributed by atoms with Crippen molar-refractivity contribution >= 4 is 49.8 Å². The van der Waals surface area contributed by atoms with E-state index in [4.69, 9.17) is 11.6 Å². The molecule has 41 heavy (non-hydrogen) atoms. The molecule has 1 aliphatic heterocycles. The zero-order valence-corrected chi connectivity index (χ0v) is 24.3. The number of nitrogens with zero attached hydrogens (tertiary/aromatic N) is 4. The van der Waals surface area contributed by atoms with Crippen LogP contribution >= 0.6 is 11.6 Å². The number of aromatic nitrogens is 2. The molecule has 12 nitrogen and oxygen atoms in total. The lowest BCUT2D eigenvalue weighted by Gasteiger charge is -2.23. The Morgan fingerprint density at radius 2 is 2.00 bits per heavy atom. The molecule has 0 bridgehead atoms. The van der Waals surface area contributed by atoms with Crippen LogP contribution in [0.2, 0.25) is 5.02 Å². The zero-order chi connectivity index (χ0) is 29.9. The molecule has 15 heteroatoms. The zero-order valence-electron chi connectivity index (χ0n) is 22.7. The summed E-state index contributed by atoms with van der Waals surface area (Å²) in [4.78, 5) is 20.3. The summed E-state index contributed by atoms with van der Waals surface area (Å²) in [7, 11) is -3.72. The fraction of sp³-hybridized carbons (Fsp3) is 0.308. The summed E-state index contributed by atoms with van der Waals surface area (Å²) in [5.74, 6) is -1.40. The molecule has 4 rings (SSSR count). The molecule has 0 fully saturated rings. The molecule has 1 unspecified atom stereocenters. The summed E-state index contributed by atoms with van der Waals surface area (Å²) in [6, 6.07) is 7.79. The fourth-order valence-electron chi connectivity index (χ4n) is 4.03. The summed E-state index contributed by atoms with van der Waals surface area (Å²) >= 11 is 6.64. The molecular weight excluding hydrogens is 573 g/mol. The number of fused-ring (bicyclic) bond motifs is 1. The molecule has 1 aromatic carbocycles. The second-order valence-electron chi connectivity index (χ2n) is 10.7. The highest BCUT2D eigenvalue weighted by Crippen LogP contribution is 2.36. The van der Waals surface area contributed by atoms with Crippen LogP contribution < -0.4 is 26.3 Å². The Balaban J connectivity index is 1.72. The van der Waals surface area contributed by atoms with Gasteiger partial charge in [0.1, 0.15) is 12.6 Å². The van der Waals surface area contributed by atoms with Crippen LogP contribution in [0.15, 0.2) is 48.6 Å². The minimum atomic E-state index is -3.72. The minimum Gasteiger partial charge on any atom is -0.383 e. The van der Waals surface area contributed by atoms with Gasteiger partial charge >= 0.3 is 0 Å². The van der Waals surface area contributed by atoms with Gasteiger partial charge in [-0.3, -0.25) is 19.5 Å². The maximum absolute atomic E-state index is 13.7. The lowest BCUT2D eigenvalue weighted by atomic mass is 9.96. The Morgan fingerprint density at radius 1 is 1.24 bits per heavy atom. The van der Waals surface area contributed by atoms with Crippen molar-refractivity contribution in [3.05, 3.63) is 70.7 Å². The van der Waals surface area contributed by atoms with Gasteiger partial charge in [0, 0.05) is 36.2 Å². The molecule has 1 aliphatic rings. The van der Waals surface area contributed by atoms with E-state index in [0.29, 0.717) is 50.7 Å². The number of amides is 1. The fourth-order valence-corrected chi connectivity index (χ4v) is 4.78. The molecule has 3 heterocycles. The van der Waals surface area contributed by atoms with E-state index in [1.165, 1.54) is 23.5 Å². The van der Waals surface area contributed by atoms with Crippen molar-refractivity contribution in [3.63, 3.8) is 0 Å². The smallest absolute Gasteiger partial charge is 0.254 e. The van der Waals surface area contributed by atoms with Crippen molar-refractivity contribution in [3.8, 4) is 6.07 Å². The molecule has 1 amide bonds. The number of nitrogens with one attached hydrogen (secondary N) is 5. The molecule has 0 radical (unpaired) electrons. The summed E-state index contributed by atoms with van der Waals surface area (Å²) in [6.07, 6.45) is 5.30. The van der Waals surface area contributed by atoms with Crippen molar-refractivity contribution in [2.24, 2.45) is 5.41 Å². The second kappa shape index (κ2) is 11.7. The maximum Gasteiger partial charge on any atom is 0.254 e. The van der Waals surface area contributed by atoms with Gasteiger partial charge < -0.3 is 16.1 Å². The lowest BCUT2D eigenvalue weighted by molar-refractivity contribution is -0.120. The predicted octanol–water partition coefficient (Wildman–Crippen LogP) is 3.15. The first-order valence-corrected chi connectivity index (χ1v) is 14.6. The molecule has 216 valence electrons. The first kappa shape index (κ1) is 29.8. The Labute approximate surface area is 242 Å². The maximum atomic E-state index is 13.7. The predicted molar refractivity (Wildman–Crippen MR) is 154 cm³/mol. The Bertz CT molecular complexity index is 1650. The van der Waals surface area contributed by atoms with Crippen LogP contribution in [0.4, 0.5) is 15.8 Å². The summed E-state index contributed by atoms with van der Waals surface area (Å²) in [6.45, 7) is 6.49. The van der Waals surface area contributed by atoms with Crippen molar-refractivity contribution in [2.75, 3.05) is 30.0 Å². The van der Waals surface area contributed by atoms with Gasteiger partial charge in [0.25, 0.3) is 5.91 Å². The third kappa shape index (κ3) is 7.72. The number of carbonyl (C=O) groups is 1. The molecule has 2 aromatic heterocycles. The monoisotopic (exact) mass is 601 g/mol. The Kier molecular flexibility index (Phi) is 8.52. The highest BCUT2D eigenvalue weighted by Gasteiger charge is 2.25. The van der Waals surface area contributed by atoms with E-state index in [1.807, 2.05) is 10.8 Å². The van der Waals surface area contributed by atoms with E-state index < -0.39 is 27.9 Å². The minimum absolute atomic E-state index is 0.0691. The van der Waals surface area contributed by atoms with Crippen LogP contribution in [0.1, 0.15) is 37.9 Å². The molecule has 1 atom stereocenters. The van der Waals surface area contributed by atoms with E-state index in [1.54, 1.807) is 18.3 Å². The van der Waals surface area contributed by atoms with Gasteiger partial charge in [-0.15, -0.1) is 5.53 Å². The van der Waals surface area contributed by atoms with E-state index in [0.717, 1.165) is 6.26 Å². The van der Waals surface area contributed by atoms with E-state index in [9.17, 15) is 22.9 Å². The average molecular weight is 602 g/mol. The van der Waals surface area contributed by atoms with Crippen molar-refractivity contribution in [2.45, 2.75) is 26.8 Å². The largest absolute Gasteiger partial charge is 0.383 e. The number of hydrazine groups is 2. The average Bonchev–Trinajstić information content (AvgIpc) is 3.32. The van der Waals surface area contributed by atoms with Crippen molar-refractivity contribution in [1.82, 2.24) is 30.7 Å². The van der Waals surface area contributed by atoms with Crippen molar-refractivity contribution in [1.29, 1.82) is 5.26 Å². The van der Waals surface area contributed by atoms with Gasteiger partial charge in [0.2, 0.25) is 16.0 Å². The first-order chi connectivity index (χ1) is 19.2. The van der Waals surface area contributed by atoms with E-state index in [-0.39, 0.29) is 12.0 Å². The van der Waals surface area contributed by atoms with Gasteiger partial charge in [-0.25, -0.2) is 13.4 Å². The Hall–Kier alpha value is -4.19. The van der Waals surface area contributed by atoms with Crippen LogP contribution in [-0.4, -0.2) is 48.6 Å². The van der Waals surface area contributed by atoms with Gasteiger partial charge in [-0.1, -0.05) is 38.4 Å². The van der Waals surface area contributed by atoms with Crippen LogP contribution in [0.5, 0.6) is 0 Å². The molecule has 5 N–H and O–H groups in total. The molecule has 0 saturated carbocycles. The Morgan fingerprint density at radius 3 is 2.63 bits per heavy atom. The normalized spacial score (nSPS) is 14.2. The third-order valence-electron chi connectivity index (χ3n) is 5.80. The number of hydrogen-bond donors (Lipinski definition) is 5. The topological polar surface area (TPSA) is 164 Å². The van der Waals surface area contributed by atoms with E-state index in [2.05, 4.69) is 58.4 Å². The number of halogens is 2. The summed E-state index contributed by atoms with van der Waals surface area (Å²) in [5.41, 5.74) is 8.78. The molecule has 0 saturated heterocycles. The second-order valence-corrected chi connectivity index (χ2v) is 12.8. The van der Waals surface area contributed by atoms with Gasteiger partial charge in [0.05, 0.1) is 39.8 Å². The number of hydrogen-bond acceptors (Lipinski definition) is 11. The number of pyridine rings is 2. The van der Waals surface area contributed by atoms with Crippen LogP contribution in [-0.2, 0) is 14.8 Å². The molecular formula is C26H29ClFN9O3S. The molecule has 0 spiro atoms. The SMILES string of the molecule is CC(C)(C)CNc1c(C#N)cnc2c(Cl)cc(NC(C3=CN(CC(=O)NS(C)(=O)=O)NN3)c3ccc(F)nc3)cc12. The van der Waals surface area contributed by atoms with Gasteiger partial charge in [-0.05, 0) is 29.2 Å². The van der Waals surface area contributed by atoms with Gasteiger partial charge in [-0.2, -0.15) is 9.65 Å². The standard InChI is InChI=1S/C26H29ClFN9O3S/c1-26(2,3)14-32-23-16(9-29)11-31-25-18(23)7-17(8-19(25)27)33-24(15-5-6-21(28)30-10-15)20-12-37(36-34-20)13-22(38)35-41(4,39)40/h5-8,10-12,24,33-34,36H,13-14H2,1-4H3,(H,31,32)(H,35,38). The van der Waals surface area contributed by atoms with Crippen LogP contribution in [0.25, 0.3) is 10.9 Å². The third-order valence-corrected chi connectivity index (χ3v) is 6.68. The number of carbonyl (C=O) groups excluding carboxylic acids is 1. The number of sulfonamides is 1. The first-order valence-electron chi connectivity index (χ1n) is 12.4. The molecule has 3 aromatic rings.